The van der Waals surface area contributed by atoms with Gasteiger partial charge in [-0.05, 0) is 11.4 Å². The Hall–Kier alpha value is -0.850. The lowest BCUT2D eigenvalue weighted by Crippen LogP contribution is -1.96. The predicted octanol–water partition coefficient (Wildman–Crippen LogP) is 1.83. The minimum absolute atomic E-state index is 0.200. The Kier molecular flexibility index (Phi) is 3.67. The highest BCUT2D eigenvalue weighted by molar-refractivity contribution is 7.09. The van der Waals surface area contributed by atoms with E-state index in [9.17, 15) is 0 Å². The van der Waals surface area contributed by atoms with Crippen LogP contribution in [0.1, 0.15) is 4.88 Å². The number of nitriles is 1. The number of hydrogen-bond donors (Lipinski definition) is 0. The molecule has 0 radical (unpaired) electrons. The Bertz CT molecular complexity index is 225. The van der Waals surface area contributed by atoms with Crippen LogP contribution >= 0.6 is 11.3 Å². The monoisotopic (exact) mass is 167 g/mol. The summed E-state index contributed by atoms with van der Waals surface area (Å²) in [7, 11) is 0. The first kappa shape index (κ1) is 8.25. The number of ether oxygens (including phenoxy) is 1. The molecule has 0 amide bonds. The van der Waals surface area contributed by atoms with Gasteiger partial charge < -0.3 is 4.74 Å². The normalized spacial score (nSPS) is 9.36. The minimum Gasteiger partial charge on any atom is -0.366 e. The maximum Gasteiger partial charge on any atom is 0.133 e. The van der Waals surface area contributed by atoms with Crippen molar-refractivity contribution in [1.29, 1.82) is 5.26 Å². The quantitative estimate of drug-likeness (QED) is 0.641. The van der Waals surface area contributed by atoms with Gasteiger partial charge in [0.05, 0.1) is 12.7 Å². The molecule has 0 aromatic carbocycles. The molecule has 0 aliphatic carbocycles. The van der Waals surface area contributed by atoms with Crippen molar-refractivity contribution in [2.45, 2.75) is 6.42 Å². The molecule has 58 valence electrons. The second-order valence-electron chi connectivity index (χ2n) is 2.04. The standard InChI is InChI=1S/C8H9NOS/c9-4-6-10-5-3-8-2-1-7-11-8/h1-2,7H,3,5-6H2. The molecule has 3 heteroatoms. The molecule has 0 N–H and O–H groups in total. The summed E-state index contributed by atoms with van der Waals surface area (Å²) in [6.45, 7) is 0.847. The van der Waals surface area contributed by atoms with Gasteiger partial charge in [0, 0.05) is 11.3 Å². The van der Waals surface area contributed by atoms with Crippen LogP contribution in [0.3, 0.4) is 0 Å². The fraction of sp³-hybridized carbons (Fsp3) is 0.375. The summed E-state index contributed by atoms with van der Waals surface area (Å²) in [5.74, 6) is 0. The van der Waals surface area contributed by atoms with E-state index in [0.29, 0.717) is 6.61 Å². The first-order valence-electron chi connectivity index (χ1n) is 3.40. The first-order chi connectivity index (χ1) is 5.43. The summed E-state index contributed by atoms with van der Waals surface area (Å²) in [6.07, 6.45) is 0.916. The summed E-state index contributed by atoms with van der Waals surface area (Å²) < 4.78 is 5.00. The Morgan fingerprint density at radius 3 is 3.18 bits per heavy atom. The van der Waals surface area contributed by atoms with E-state index in [-0.39, 0.29) is 6.61 Å². The van der Waals surface area contributed by atoms with Crippen molar-refractivity contribution in [2.24, 2.45) is 0 Å². The number of thiophene rings is 1. The second-order valence-corrected chi connectivity index (χ2v) is 3.07. The van der Waals surface area contributed by atoms with Gasteiger partial charge in [-0.1, -0.05) is 6.07 Å². The number of nitrogens with zero attached hydrogens (tertiary/aromatic N) is 1. The van der Waals surface area contributed by atoms with Gasteiger partial charge >= 0.3 is 0 Å². The minimum atomic E-state index is 0.200. The van der Waals surface area contributed by atoms with Crippen molar-refractivity contribution < 1.29 is 4.74 Å². The highest BCUT2D eigenvalue weighted by Gasteiger charge is 1.92. The lowest BCUT2D eigenvalue weighted by molar-refractivity contribution is 0.170. The van der Waals surface area contributed by atoms with Crippen molar-refractivity contribution in [3.8, 4) is 6.07 Å². The summed E-state index contributed by atoms with van der Waals surface area (Å²) in [5, 5.41) is 10.2. The molecule has 1 rings (SSSR count). The van der Waals surface area contributed by atoms with Crippen molar-refractivity contribution in [2.75, 3.05) is 13.2 Å². The molecule has 0 aliphatic rings. The molecule has 1 aromatic rings. The second kappa shape index (κ2) is 4.89. The van der Waals surface area contributed by atoms with E-state index in [4.69, 9.17) is 10.00 Å². The largest absolute Gasteiger partial charge is 0.366 e. The average Bonchev–Trinajstić information content (AvgIpc) is 2.50. The smallest absolute Gasteiger partial charge is 0.133 e. The fourth-order valence-corrected chi connectivity index (χ4v) is 1.44. The van der Waals surface area contributed by atoms with Crippen LogP contribution in [0.25, 0.3) is 0 Å². The summed E-state index contributed by atoms with van der Waals surface area (Å²) in [4.78, 5) is 1.31. The zero-order chi connectivity index (χ0) is 7.94. The summed E-state index contributed by atoms with van der Waals surface area (Å²) in [5.41, 5.74) is 0. The lowest BCUT2D eigenvalue weighted by atomic mass is 10.4. The van der Waals surface area contributed by atoms with Crippen molar-refractivity contribution >= 4 is 11.3 Å². The maximum absolute atomic E-state index is 8.15. The van der Waals surface area contributed by atoms with E-state index < -0.39 is 0 Å². The molecule has 0 saturated carbocycles. The van der Waals surface area contributed by atoms with Crippen LogP contribution in [0.2, 0.25) is 0 Å². The van der Waals surface area contributed by atoms with E-state index in [1.807, 2.05) is 17.5 Å². The lowest BCUT2D eigenvalue weighted by Gasteiger charge is -1.95. The average molecular weight is 167 g/mol. The van der Waals surface area contributed by atoms with Gasteiger partial charge in [0.1, 0.15) is 6.61 Å². The van der Waals surface area contributed by atoms with Crippen molar-refractivity contribution in [3.05, 3.63) is 22.4 Å². The third kappa shape index (κ3) is 3.17. The molecule has 1 aromatic heterocycles. The topological polar surface area (TPSA) is 33.0 Å². The van der Waals surface area contributed by atoms with Crippen LogP contribution in [0.4, 0.5) is 0 Å². The van der Waals surface area contributed by atoms with Crippen molar-refractivity contribution in [1.82, 2.24) is 0 Å². The van der Waals surface area contributed by atoms with Crippen LogP contribution in [0, 0.1) is 11.3 Å². The fourth-order valence-electron chi connectivity index (χ4n) is 0.745. The van der Waals surface area contributed by atoms with E-state index in [1.165, 1.54) is 4.88 Å². The maximum atomic E-state index is 8.15. The first-order valence-corrected chi connectivity index (χ1v) is 4.28. The van der Waals surface area contributed by atoms with E-state index in [1.54, 1.807) is 11.3 Å². The molecular formula is C8H9NOS. The molecular weight excluding hydrogens is 158 g/mol. The van der Waals surface area contributed by atoms with Gasteiger partial charge in [-0.25, -0.2) is 0 Å². The highest BCUT2D eigenvalue weighted by Crippen LogP contribution is 2.08. The Morgan fingerprint density at radius 2 is 2.55 bits per heavy atom. The van der Waals surface area contributed by atoms with E-state index >= 15 is 0 Å². The van der Waals surface area contributed by atoms with Crippen LogP contribution in [0.15, 0.2) is 17.5 Å². The van der Waals surface area contributed by atoms with Gasteiger partial charge in [0.25, 0.3) is 0 Å². The number of hydrogen-bond acceptors (Lipinski definition) is 3. The summed E-state index contributed by atoms with van der Waals surface area (Å²) >= 11 is 1.72. The Morgan fingerprint density at radius 1 is 1.64 bits per heavy atom. The predicted molar refractivity (Wildman–Crippen MR) is 44.5 cm³/mol. The summed E-state index contributed by atoms with van der Waals surface area (Å²) in [6, 6.07) is 6.02. The van der Waals surface area contributed by atoms with Crippen LogP contribution in [-0.2, 0) is 11.2 Å². The number of rotatable bonds is 4. The van der Waals surface area contributed by atoms with Crippen molar-refractivity contribution in [3.63, 3.8) is 0 Å². The molecule has 1 heterocycles. The zero-order valence-corrected chi connectivity index (χ0v) is 6.93. The third-order valence-electron chi connectivity index (χ3n) is 1.24. The van der Waals surface area contributed by atoms with Crippen LogP contribution in [-0.4, -0.2) is 13.2 Å². The molecule has 0 spiro atoms. The van der Waals surface area contributed by atoms with Gasteiger partial charge in [0.15, 0.2) is 0 Å². The molecule has 0 atom stereocenters. The van der Waals surface area contributed by atoms with Gasteiger partial charge in [-0.3, -0.25) is 0 Å². The molecule has 2 nitrogen and oxygen atoms in total. The van der Waals surface area contributed by atoms with Gasteiger partial charge in [-0.2, -0.15) is 5.26 Å². The van der Waals surface area contributed by atoms with E-state index in [0.717, 1.165) is 6.42 Å². The molecule has 0 fully saturated rings. The molecule has 11 heavy (non-hydrogen) atoms. The van der Waals surface area contributed by atoms with Crippen LogP contribution in [0.5, 0.6) is 0 Å². The Labute approximate surface area is 70.0 Å². The van der Waals surface area contributed by atoms with Gasteiger partial charge in [-0.15, -0.1) is 11.3 Å². The molecule has 0 unspecified atom stereocenters. The molecule has 0 aliphatic heterocycles. The highest BCUT2D eigenvalue weighted by atomic mass is 32.1. The van der Waals surface area contributed by atoms with E-state index in [2.05, 4.69) is 6.07 Å². The SMILES string of the molecule is N#CCOCCc1cccs1. The van der Waals surface area contributed by atoms with Crippen LogP contribution < -0.4 is 0 Å². The molecule has 0 saturated heterocycles. The Balaban J connectivity index is 2.10. The third-order valence-corrected chi connectivity index (χ3v) is 2.18. The molecule has 0 bridgehead atoms. The zero-order valence-electron chi connectivity index (χ0n) is 6.12. The van der Waals surface area contributed by atoms with Gasteiger partial charge in [0.2, 0.25) is 0 Å².